The molecule has 3 heteroatoms. The van der Waals surface area contributed by atoms with E-state index in [1.165, 1.54) is 0 Å². The molecule has 0 spiro atoms. The van der Waals surface area contributed by atoms with Crippen LogP contribution in [0.25, 0.3) is 0 Å². The quantitative estimate of drug-likeness (QED) is 0.503. The van der Waals surface area contributed by atoms with E-state index in [4.69, 9.17) is 0 Å². The van der Waals surface area contributed by atoms with E-state index in [0.29, 0.717) is 12.7 Å². The molecule has 58 valence electrons. The third kappa shape index (κ3) is 2.63. The lowest BCUT2D eigenvalue weighted by Crippen LogP contribution is -2.00. The predicted molar refractivity (Wildman–Crippen MR) is 43.7 cm³/mol. The number of aldehydes is 1. The fourth-order valence-electron chi connectivity index (χ4n) is 0.773. The van der Waals surface area contributed by atoms with E-state index in [0.717, 1.165) is 4.88 Å². The Morgan fingerprint density at radius 2 is 2.45 bits per heavy atom. The lowest BCUT2D eigenvalue weighted by Gasteiger charge is -1.90. The largest absolute Gasteiger partial charge is 0.303 e. The van der Waals surface area contributed by atoms with Gasteiger partial charge in [-0.15, -0.1) is 11.3 Å². The first-order valence-electron chi connectivity index (χ1n) is 3.30. The minimum Gasteiger partial charge on any atom is -0.303 e. The van der Waals surface area contributed by atoms with Crippen molar-refractivity contribution in [1.29, 1.82) is 0 Å². The summed E-state index contributed by atoms with van der Waals surface area (Å²) in [4.78, 5) is 21.8. The van der Waals surface area contributed by atoms with Gasteiger partial charge in [-0.2, -0.15) is 0 Å². The van der Waals surface area contributed by atoms with Crippen molar-refractivity contribution in [3.05, 3.63) is 22.4 Å². The molecule has 2 nitrogen and oxygen atoms in total. The van der Waals surface area contributed by atoms with Gasteiger partial charge >= 0.3 is 0 Å². The van der Waals surface area contributed by atoms with E-state index in [2.05, 4.69) is 0 Å². The van der Waals surface area contributed by atoms with E-state index in [1.807, 2.05) is 17.5 Å². The Hall–Kier alpha value is -0.960. The Labute approximate surface area is 68.9 Å². The van der Waals surface area contributed by atoms with Crippen LogP contribution in [-0.2, 0) is 16.0 Å². The van der Waals surface area contributed by atoms with Crippen molar-refractivity contribution in [3.8, 4) is 0 Å². The lowest BCUT2D eigenvalue weighted by molar-refractivity contribution is -0.121. The smallest absolute Gasteiger partial charge is 0.145 e. The number of carbonyl (C=O) groups is 2. The summed E-state index contributed by atoms with van der Waals surface area (Å²) < 4.78 is 0. The summed E-state index contributed by atoms with van der Waals surface area (Å²) >= 11 is 1.54. The van der Waals surface area contributed by atoms with Gasteiger partial charge in [-0.05, 0) is 11.4 Å². The second-order valence-corrected chi connectivity index (χ2v) is 3.20. The van der Waals surface area contributed by atoms with E-state index in [-0.39, 0.29) is 12.2 Å². The fraction of sp³-hybridized carbons (Fsp3) is 0.250. The fourth-order valence-corrected chi connectivity index (χ4v) is 1.51. The molecule has 0 amide bonds. The normalized spacial score (nSPS) is 9.45. The molecule has 0 fully saturated rings. The van der Waals surface area contributed by atoms with Gasteiger partial charge in [-0.1, -0.05) is 6.07 Å². The first kappa shape index (κ1) is 8.14. The van der Waals surface area contributed by atoms with Crippen molar-refractivity contribution in [2.24, 2.45) is 0 Å². The van der Waals surface area contributed by atoms with Crippen LogP contribution in [0.15, 0.2) is 17.5 Å². The lowest BCUT2D eigenvalue weighted by atomic mass is 10.2. The predicted octanol–water partition coefficient (Wildman–Crippen LogP) is 1.45. The number of hydrogen-bond donors (Lipinski definition) is 0. The molecule has 0 aliphatic rings. The highest BCUT2D eigenvalue weighted by atomic mass is 32.1. The number of ketones is 1. The molecule has 0 saturated carbocycles. The molecule has 0 aliphatic carbocycles. The molecule has 1 aromatic rings. The van der Waals surface area contributed by atoms with Crippen LogP contribution in [0, 0.1) is 0 Å². The molecule has 0 saturated heterocycles. The van der Waals surface area contributed by atoms with E-state index in [1.54, 1.807) is 11.3 Å². The topological polar surface area (TPSA) is 34.1 Å². The molecule has 1 rings (SSSR count). The summed E-state index contributed by atoms with van der Waals surface area (Å²) in [7, 11) is 0. The van der Waals surface area contributed by atoms with Crippen molar-refractivity contribution < 1.29 is 9.59 Å². The Morgan fingerprint density at radius 1 is 1.64 bits per heavy atom. The van der Waals surface area contributed by atoms with Crippen molar-refractivity contribution in [3.63, 3.8) is 0 Å². The molecular formula is C8H8O2S. The summed E-state index contributed by atoms with van der Waals surface area (Å²) in [6.45, 7) is 0. The highest BCUT2D eigenvalue weighted by Crippen LogP contribution is 2.09. The molecule has 1 heterocycles. The molecule has 0 N–H and O–H groups in total. The SMILES string of the molecule is O=CCC(=O)Cc1cccs1. The van der Waals surface area contributed by atoms with Gasteiger partial charge in [0.15, 0.2) is 0 Å². The van der Waals surface area contributed by atoms with Crippen LogP contribution in [0.4, 0.5) is 0 Å². The second kappa shape index (κ2) is 4.03. The third-order valence-corrected chi connectivity index (χ3v) is 2.14. The second-order valence-electron chi connectivity index (χ2n) is 2.17. The van der Waals surface area contributed by atoms with Crippen LogP contribution in [0.1, 0.15) is 11.3 Å². The maximum absolute atomic E-state index is 10.9. The summed E-state index contributed by atoms with van der Waals surface area (Å²) in [5.74, 6) is -0.0116. The van der Waals surface area contributed by atoms with Gasteiger partial charge < -0.3 is 4.79 Å². The molecule has 0 aliphatic heterocycles. The van der Waals surface area contributed by atoms with Crippen LogP contribution in [0.5, 0.6) is 0 Å². The maximum Gasteiger partial charge on any atom is 0.145 e. The van der Waals surface area contributed by atoms with Gasteiger partial charge in [0.1, 0.15) is 12.1 Å². The molecule has 0 unspecified atom stereocenters. The van der Waals surface area contributed by atoms with Crippen molar-refractivity contribution >= 4 is 23.4 Å². The van der Waals surface area contributed by atoms with Gasteiger partial charge in [0.2, 0.25) is 0 Å². The van der Waals surface area contributed by atoms with Crippen LogP contribution in [0.2, 0.25) is 0 Å². The average Bonchev–Trinajstić information content (AvgIpc) is 2.40. The van der Waals surface area contributed by atoms with Crippen molar-refractivity contribution in [1.82, 2.24) is 0 Å². The molecule has 11 heavy (non-hydrogen) atoms. The summed E-state index contributed by atoms with van der Waals surface area (Å²) in [6.07, 6.45) is 1.09. The highest BCUT2D eigenvalue weighted by molar-refractivity contribution is 7.10. The first-order chi connectivity index (χ1) is 5.33. The average molecular weight is 168 g/mol. The zero-order valence-corrected chi connectivity index (χ0v) is 6.76. The minimum atomic E-state index is -0.0116. The summed E-state index contributed by atoms with van der Waals surface area (Å²) in [5, 5.41) is 1.92. The van der Waals surface area contributed by atoms with Crippen LogP contribution in [-0.4, -0.2) is 12.1 Å². The van der Waals surface area contributed by atoms with Gasteiger partial charge in [-0.25, -0.2) is 0 Å². The molecular weight excluding hydrogens is 160 g/mol. The molecule has 0 bridgehead atoms. The van der Waals surface area contributed by atoms with E-state index >= 15 is 0 Å². The Kier molecular flexibility index (Phi) is 2.98. The van der Waals surface area contributed by atoms with E-state index in [9.17, 15) is 9.59 Å². The molecule has 0 aromatic carbocycles. The minimum absolute atomic E-state index is 0.0116. The number of hydrogen-bond acceptors (Lipinski definition) is 3. The molecule has 0 radical (unpaired) electrons. The van der Waals surface area contributed by atoms with Crippen LogP contribution in [0.3, 0.4) is 0 Å². The first-order valence-corrected chi connectivity index (χ1v) is 4.18. The van der Waals surface area contributed by atoms with Crippen LogP contribution < -0.4 is 0 Å². The third-order valence-electron chi connectivity index (χ3n) is 1.26. The maximum atomic E-state index is 10.9. The van der Waals surface area contributed by atoms with Crippen molar-refractivity contribution in [2.75, 3.05) is 0 Å². The summed E-state index contributed by atoms with van der Waals surface area (Å²) in [5.41, 5.74) is 0. The van der Waals surface area contributed by atoms with Gasteiger partial charge in [0, 0.05) is 11.3 Å². The number of Topliss-reactive ketones (excluding diaryl/α,β-unsaturated/α-hetero) is 1. The zero-order chi connectivity index (χ0) is 8.10. The van der Waals surface area contributed by atoms with Crippen LogP contribution >= 0.6 is 11.3 Å². The van der Waals surface area contributed by atoms with Gasteiger partial charge in [0.25, 0.3) is 0 Å². The van der Waals surface area contributed by atoms with Gasteiger partial charge in [-0.3, -0.25) is 4.79 Å². The summed E-state index contributed by atoms with van der Waals surface area (Å²) in [6, 6.07) is 3.79. The van der Waals surface area contributed by atoms with Crippen molar-refractivity contribution in [2.45, 2.75) is 12.8 Å². The number of rotatable bonds is 4. The number of carbonyl (C=O) groups excluding carboxylic acids is 2. The number of thiophene rings is 1. The monoisotopic (exact) mass is 168 g/mol. The highest BCUT2D eigenvalue weighted by Gasteiger charge is 2.02. The molecule has 0 atom stereocenters. The van der Waals surface area contributed by atoms with Gasteiger partial charge in [0.05, 0.1) is 6.42 Å². The Balaban J connectivity index is 2.43. The Bertz CT molecular complexity index is 239. The zero-order valence-electron chi connectivity index (χ0n) is 5.95. The van der Waals surface area contributed by atoms with E-state index < -0.39 is 0 Å². The standard InChI is InChI=1S/C8H8O2S/c9-4-3-7(10)6-8-2-1-5-11-8/h1-2,4-5H,3,6H2. The Morgan fingerprint density at radius 3 is 3.00 bits per heavy atom. The molecule has 1 aromatic heterocycles.